The molecule has 1 spiro atoms. The normalized spacial score (nSPS) is 25.8. The molecule has 2 nitrogen and oxygen atoms in total. The summed E-state index contributed by atoms with van der Waals surface area (Å²) >= 11 is 0. The standard InChI is InChI=1S/C17H25NO/c1-16(2)14-18(13-15-9-5-3-6-10-15)17(19-16)11-7-4-8-12-17/h3,5-6,9-10H,4,7-8,11-14H2,1-2H3. The van der Waals surface area contributed by atoms with Crippen molar-refractivity contribution in [2.24, 2.45) is 0 Å². The van der Waals surface area contributed by atoms with Crippen LogP contribution < -0.4 is 0 Å². The summed E-state index contributed by atoms with van der Waals surface area (Å²) in [6.45, 7) is 6.52. The quantitative estimate of drug-likeness (QED) is 0.797. The second-order valence-corrected chi connectivity index (χ2v) is 6.71. The lowest BCUT2D eigenvalue weighted by molar-refractivity contribution is -0.151. The molecule has 1 saturated heterocycles. The van der Waals surface area contributed by atoms with Gasteiger partial charge in [-0.25, -0.2) is 0 Å². The molecule has 1 aliphatic heterocycles. The fourth-order valence-electron chi connectivity index (χ4n) is 3.74. The van der Waals surface area contributed by atoms with Crippen molar-refractivity contribution < 1.29 is 4.74 Å². The van der Waals surface area contributed by atoms with Crippen LogP contribution in [0.1, 0.15) is 51.5 Å². The van der Waals surface area contributed by atoms with Crippen molar-refractivity contribution in [2.45, 2.75) is 63.8 Å². The zero-order valence-corrected chi connectivity index (χ0v) is 12.2. The van der Waals surface area contributed by atoms with E-state index in [1.807, 2.05) is 0 Å². The van der Waals surface area contributed by atoms with E-state index in [0.29, 0.717) is 0 Å². The average molecular weight is 259 g/mol. The molecule has 0 amide bonds. The molecule has 19 heavy (non-hydrogen) atoms. The van der Waals surface area contributed by atoms with Crippen molar-refractivity contribution in [3.05, 3.63) is 35.9 Å². The van der Waals surface area contributed by atoms with Crippen LogP contribution in [0.3, 0.4) is 0 Å². The van der Waals surface area contributed by atoms with Gasteiger partial charge in [0.1, 0.15) is 5.72 Å². The van der Waals surface area contributed by atoms with Gasteiger partial charge < -0.3 is 4.74 Å². The molecule has 3 rings (SSSR count). The minimum absolute atomic E-state index is 0.00782. The SMILES string of the molecule is CC1(C)CN(Cc2ccccc2)C2(CCCCC2)O1. The minimum atomic E-state index is -0.00782. The van der Waals surface area contributed by atoms with Crippen molar-refractivity contribution in [2.75, 3.05) is 6.54 Å². The number of nitrogens with zero attached hydrogens (tertiary/aromatic N) is 1. The summed E-state index contributed by atoms with van der Waals surface area (Å²) < 4.78 is 6.49. The van der Waals surface area contributed by atoms with E-state index in [1.54, 1.807) is 0 Å². The van der Waals surface area contributed by atoms with Crippen LogP contribution in [0.4, 0.5) is 0 Å². The van der Waals surface area contributed by atoms with Gasteiger partial charge >= 0.3 is 0 Å². The van der Waals surface area contributed by atoms with Crippen LogP contribution in [0, 0.1) is 0 Å². The van der Waals surface area contributed by atoms with Crippen molar-refractivity contribution in [1.29, 1.82) is 0 Å². The van der Waals surface area contributed by atoms with Gasteiger partial charge in [-0.2, -0.15) is 0 Å². The number of hydrogen-bond acceptors (Lipinski definition) is 2. The largest absolute Gasteiger partial charge is 0.353 e. The van der Waals surface area contributed by atoms with E-state index in [1.165, 1.54) is 37.7 Å². The smallest absolute Gasteiger partial charge is 0.122 e. The number of ether oxygens (including phenoxy) is 1. The van der Waals surface area contributed by atoms with Gasteiger partial charge in [0.2, 0.25) is 0 Å². The molecule has 1 saturated carbocycles. The number of hydrogen-bond donors (Lipinski definition) is 0. The molecule has 1 aromatic rings. The summed E-state index contributed by atoms with van der Waals surface area (Å²) in [7, 11) is 0. The van der Waals surface area contributed by atoms with Gasteiger partial charge in [-0.05, 0) is 45.1 Å². The predicted molar refractivity (Wildman–Crippen MR) is 77.8 cm³/mol. The Morgan fingerprint density at radius 2 is 1.74 bits per heavy atom. The molecule has 0 atom stereocenters. The van der Waals surface area contributed by atoms with Gasteiger partial charge in [-0.3, -0.25) is 4.90 Å². The van der Waals surface area contributed by atoms with Gasteiger partial charge in [0.05, 0.1) is 5.60 Å². The lowest BCUT2D eigenvalue weighted by Crippen LogP contribution is -2.45. The Bertz CT molecular complexity index is 420. The van der Waals surface area contributed by atoms with Crippen molar-refractivity contribution in [1.82, 2.24) is 4.90 Å². The van der Waals surface area contributed by atoms with Crippen LogP contribution in [-0.4, -0.2) is 22.8 Å². The summed E-state index contributed by atoms with van der Waals surface area (Å²) in [6.07, 6.45) is 6.37. The maximum Gasteiger partial charge on any atom is 0.122 e. The Kier molecular flexibility index (Phi) is 3.40. The molecule has 1 aromatic carbocycles. The van der Waals surface area contributed by atoms with Gasteiger partial charge in [-0.15, -0.1) is 0 Å². The second-order valence-electron chi connectivity index (χ2n) is 6.71. The molecule has 2 aliphatic rings. The summed E-state index contributed by atoms with van der Waals surface area (Å²) in [5.74, 6) is 0. The van der Waals surface area contributed by atoms with Crippen LogP contribution in [0.2, 0.25) is 0 Å². The van der Waals surface area contributed by atoms with E-state index >= 15 is 0 Å². The third-order valence-electron chi connectivity index (χ3n) is 4.47. The number of benzene rings is 1. The Morgan fingerprint density at radius 3 is 2.42 bits per heavy atom. The van der Waals surface area contributed by atoms with E-state index in [2.05, 4.69) is 49.1 Å². The molecule has 1 heterocycles. The molecule has 0 unspecified atom stereocenters. The molecule has 0 aromatic heterocycles. The highest BCUT2D eigenvalue weighted by atomic mass is 16.6. The first-order valence-corrected chi connectivity index (χ1v) is 7.59. The van der Waals surface area contributed by atoms with E-state index in [9.17, 15) is 0 Å². The third kappa shape index (κ3) is 2.70. The molecule has 2 heteroatoms. The maximum atomic E-state index is 6.49. The van der Waals surface area contributed by atoms with E-state index in [-0.39, 0.29) is 11.3 Å². The first-order valence-electron chi connectivity index (χ1n) is 7.59. The Labute approximate surface area is 116 Å². The van der Waals surface area contributed by atoms with E-state index < -0.39 is 0 Å². The zero-order chi connectivity index (χ0) is 13.3. The Balaban J connectivity index is 1.81. The van der Waals surface area contributed by atoms with Gasteiger partial charge in [0.15, 0.2) is 0 Å². The predicted octanol–water partition coefficient (Wildman–Crippen LogP) is 3.96. The van der Waals surface area contributed by atoms with Crippen LogP contribution >= 0.6 is 0 Å². The first-order chi connectivity index (χ1) is 9.10. The summed E-state index contributed by atoms with van der Waals surface area (Å²) in [5.41, 5.74) is 1.40. The summed E-state index contributed by atoms with van der Waals surface area (Å²) in [6, 6.07) is 10.8. The topological polar surface area (TPSA) is 12.5 Å². The fourth-order valence-corrected chi connectivity index (χ4v) is 3.74. The Morgan fingerprint density at radius 1 is 1.05 bits per heavy atom. The van der Waals surface area contributed by atoms with Crippen LogP contribution in [-0.2, 0) is 11.3 Å². The van der Waals surface area contributed by atoms with Gasteiger partial charge in [0.25, 0.3) is 0 Å². The zero-order valence-electron chi connectivity index (χ0n) is 12.2. The minimum Gasteiger partial charge on any atom is -0.353 e. The van der Waals surface area contributed by atoms with Gasteiger partial charge in [-0.1, -0.05) is 36.8 Å². The first kappa shape index (κ1) is 13.1. The molecule has 0 bridgehead atoms. The second kappa shape index (κ2) is 4.92. The molecule has 1 aliphatic carbocycles. The van der Waals surface area contributed by atoms with Crippen molar-refractivity contribution in [3.8, 4) is 0 Å². The van der Waals surface area contributed by atoms with Crippen molar-refractivity contribution >= 4 is 0 Å². The summed E-state index contributed by atoms with van der Waals surface area (Å²) in [4.78, 5) is 2.58. The molecule has 2 fully saturated rings. The van der Waals surface area contributed by atoms with Crippen molar-refractivity contribution in [3.63, 3.8) is 0 Å². The van der Waals surface area contributed by atoms with E-state index in [0.717, 1.165) is 13.1 Å². The molecular weight excluding hydrogens is 234 g/mol. The molecule has 104 valence electrons. The highest BCUT2D eigenvalue weighted by Gasteiger charge is 2.50. The molecule has 0 radical (unpaired) electrons. The molecule has 0 N–H and O–H groups in total. The highest BCUT2D eigenvalue weighted by molar-refractivity contribution is 5.15. The fraction of sp³-hybridized carbons (Fsp3) is 0.647. The lowest BCUT2D eigenvalue weighted by Gasteiger charge is -2.40. The monoisotopic (exact) mass is 259 g/mol. The van der Waals surface area contributed by atoms with E-state index in [4.69, 9.17) is 4.74 Å². The highest BCUT2D eigenvalue weighted by Crippen LogP contribution is 2.44. The number of rotatable bonds is 2. The molecular formula is C17H25NO. The van der Waals surface area contributed by atoms with Crippen LogP contribution in [0.5, 0.6) is 0 Å². The summed E-state index contributed by atoms with van der Waals surface area (Å²) in [5, 5.41) is 0. The van der Waals surface area contributed by atoms with Crippen LogP contribution in [0.25, 0.3) is 0 Å². The average Bonchev–Trinajstić information content (AvgIpc) is 2.62. The lowest BCUT2D eigenvalue weighted by atomic mass is 9.90. The maximum absolute atomic E-state index is 6.49. The van der Waals surface area contributed by atoms with Crippen LogP contribution in [0.15, 0.2) is 30.3 Å². The third-order valence-corrected chi connectivity index (χ3v) is 4.47. The Hall–Kier alpha value is -0.860. The van der Waals surface area contributed by atoms with Gasteiger partial charge in [0, 0.05) is 13.1 Å².